The molecule has 1 aliphatic rings. The zero-order chi connectivity index (χ0) is 24.6. The molecule has 0 saturated carbocycles. The highest BCUT2D eigenvalue weighted by atomic mass is 32.2. The van der Waals surface area contributed by atoms with Crippen LogP contribution in [0.4, 0.5) is 4.39 Å². The number of rotatable bonds is 8. The Bertz CT molecular complexity index is 1350. The minimum atomic E-state index is -3.99. The number of hydrogen-bond acceptors (Lipinski definition) is 9. The second-order valence-corrected chi connectivity index (χ2v) is 11.1. The van der Waals surface area contributed by atoms with Crippen LogP contribution in [0.1, 0.15) is 53.7 Å². The first-order chi connectivity index (χ1) is 15.5. The Kier molecular flexibility index (Phi) is 6.93. The largest absolute Gasteiger partial charge is 0.399 e. The van der Waals surface area contributed by atoms with E-state index in [4.69, 9.17) is 9.02 Å². The first-order valence-corrected chi connectivity index (χ1v) is 13.4. The van der Waals surface area contributed by atoms with Gasteiger partial charge in [0.2, 0.25) is 11.7 Å². The Balaban J connectivity index is 2.21. The third-order valence-electron chi connectivity index (χ3n) is 5.14. The summed E-state index contributed by atoms with van der Waals surface area (Å²) in [7, 11) is -6.65. The number of sulfone groups is 1. The molecule has 0 fully saturated rings. The number of fused-ring (bicyclic) bond motifs is 1. The molecule has 0 bridgehead atoms. The van der Waals surface area contributed by atoms with Crippen molar-refractivity contribution in [2.45, 2.75) is 45.1 Å². The molecule has 3 rings (SSSR count). The van der Waals surface area contributed by atoms with Crippen molar-refractivity contribution < 1.29 is 35.0 Å². The van der Waals surface area contributed by atoms with E-state index in [2.05, 4.69) is 10.3 Å². The average molecular weight is 502 g/mol. The van der Waals surface area contributed by atoms with Crippen molar-refractivity contribution in [2.24, 2.45) is 5.16 Å². The van der Waals surface area contributed by atoms with Crippen molar-refractivity contribution in [3.8, 4) is 5.88 Å². The van der Waals surface area contributed by atoms with Crippen LogP contribution in [0.15, 0.2) is 22.3 Å². The molecule has 180 valence electrons. The molecule has 0 aliphatic carbocycles. The topological polar surface area (TPSA) is 134 Å². The van der Waals surface area contributed by atoms with Crippen LogP contribution in [0.25, 0.3) is 0 Å². The van der Waals surface area contributed by atoms with E-state index in [1.807, 2.05) is 0 Å². The first kappa shape index (κ1) is 24.8. The van der Waals surface area contributed by atoms with E-state index in [9.17, 15) is 21.6 Å². The van der Waals surface area contributed by atoms with Crippen LogP contribution in [0, 0.1) is 12.7 Å². The van der Waals surface area contributed by atoms with Gasteiger partial charge < -0.3 is 9.02 Å². The van der Waals surface area contributed by atoms with Gasteiger partial charge in [0, 0.05) is 24.1 Å². The summed E-state index contributed by atoms with van der Waals surface area (Å²) in [6.07, 6.45) is 1.43. The van der Waals surface area contributed by atoms with Crippen LogP contribution < -0.4 is 4.18 Å². The molecule has 33 heavy (non-hydrogen) atoms. The fourth-order valence-electron chi connectivity index (χ4n) is 3.67. The first-order valence-electron chi connectivity index (χ1n) is 10.2. The van der Waals surface area contributed by atoms with Crippen LogP contribution in [0.2, 0.25) is 0 Å². The summed E-state index contributed by atoms with van der Waals surface area (Å²) in [4.78, 5) is 17.7. The van der Waals surface area contributed by atoms with Gasteiger partial charge in [-0.15, -0.1) is 0 Å². The van der Waals surface area contributed by atoms with Gasteiger partial charge in [-0.3, -0.25) is 4.79 Å². The van der Waals surface area contributed by atoms with E-state index in [1.54, 1.807) is 13.8 Å². The van der Waals surface area contributed by atoms with Gasteiger partial charge in [0.25, 0.3) is 0 Å². The summed E-state index contributed by atoms with van der Waals surface area (Å²) in [5, 5.41) is 7.83. The van der Waals surface area contributed by atoms with Gasteiger partial charge in [-0.05, 0) is 31.9 Å². The molecule has 1 aromatic carbocycles. The lowest BCUT2D eigenvalue weighted by molar-refractivity contribution is 0.103. The minimum absolute atomic E-state index is 0.0154. The fourth-order valence-corrected chi connectivity index (χ4v) is 6.28. The predicted octanol–water partition coefficient (Wildman–Crippen LogP) is 2.23. The van der Waals surface area contributed by atoms with Gasteiger partial charge in [0.05, 0.1) is 23.4 Å². The highest BCUT2D eigenvalue weighted by Gasteiger charge is 2.36. The number of halogens is 1. The molecule has 1 aromatic heterocycles. The number of carbonyl (C=O) groups excluding carboxylic acids is 1. The molecule has 0 unspecified atom stereocenters. The summed E-state index contributed by atoms with van der Waals surface area (Å²) in [5.74, 6) is -2.77. The maximum Gasteiger partial charge on any atom is 0.310 e. The van der Waals surface area contributed by atoms with Crippen molar-refractivity contribution in [2.75, 3.05) is 18.6 Å². The Hall–Kier alpha value is -2.80. The van der Waals surface area contributed by atoms with Crippen LogP contribution >= 0.6 is 0 Å². The molecular formula is C20H24FN3O7S2. The lowest BCUT2D eigenvalue weighted by Gasteiger charge is -2.22. The number of aryl methyl sites for hydroxylation is 1. The van der Waals surface area contributed by atoms with E-state index in [0.29, 0.717) is 6.42 Å². The van der Waals surface area contributed by atoms with Crippen molar-refractivity contribution in [3.05, 3.63) is 40.3 Å². The number of benzene rings is 1. The van der Waals surface area contributed by atoms with E-state index in [1.165, 1.54) is 18.7 Å². The second-order valence-electron chi connectivity index (χ2n) is 7.38. The number of aromatic nitrogens is 2. The average Bonchev–Trinajstić information content (AvgIpc) is 3.12. The molecule has 1 aliphatic heterocycles. The normalized spacial score (nSPS) is 16.5. The van der Waals surface area contributed by atoms with Gasteiger partial charge >= 0.3 is 10.1 Å². The lowest BCUT2D eigenvalue weighted by atomic mass is 9.93. The predicted molar refractivity (Wildman–Crippen MR) is 117 cm³/mol. The summed E-state index contributed by atoms with van der Waals surface area (Å²) in [5.41, 5.74) is -0.0273. The lowest BCUT2D eigenvalue weighted by Crippen LogP contribution is -2.26. The molecule has 10 nitrogen and oxygen atoms in total. The monoisotopic (exact) mass is 501 g/mol. The van der Waals surface area contributed by atoms with Crippen LogP contribution in [-0.2, 0) is 31.3 Å². The second kappa shape index (κ2) is 9.21. The molecule has 0 amide bonds. The molecular weight excluding hydrogens is 477 g/mol. The Labute approximate surface area is 191 Å². The number of hydrogen-bond donors (Lipinski definition) is 0. The molecule has 0 saturated heterocycles. The number of nitrogens with zero attached hydrogens (tertiary/aromatic N) is 3. The molecule has 0 radical (unpaired) electrons. The van der Waals surface area contributed by atoms with Crippen molar-refractivity contribution in [1.29, 1.82) is 0 Å². The molecule has 0 atom stereocenters. The summed E-state index contributed by atoms with van der Waals surface area (Å²) in [6.45, 7) is 5.03. The Morgan fingerprint density at radius 1 is 1.30 bits per heavy atom. The van der Waals surface area contributed by atoms with Gasteiger partial charge in [-0.2, -0.15) is 13.5 Å². The van der Waals surface area contributed by atoms with Crippen LogP contribution in [-0.4, -0.2) is 56.7 Å². The highest BCUT2D eigenvalue weighted by Crippen LogP contribution is 2.34. The minimum Gasteiger partial charge on any atom is -0.399 e. The third kappa shape index (κ3) is 4.64. The fraction of sp³-hybridized carbons (Fsp3) is 0.450. The van der Waals surface area contributed by atoms with E-state index >= 15 is 4.39 Å². The number of ketones is 1. The quantitative estimate of drug-likeness (QED) is 0.305. The summed E-state index contributed by atoms with van der Waals surface area (Å²) in [6, 6.07) is 0.831. The van der Waals surface area contributed by atoms with E-state index < -0.39 is 36.5 Å². The number of carbonyl (C=O) groups is 1. The summed E-state index contributed by atoms with van der Waals surface area (Å²) < 4.78 is 71.0. The SMILES string of the molecule is CCCS(=O)(=O)Oc1c(C(=O)c2cc(F)c3c(c2C)C(=NOC)CCS3(=O)=O)cnn1CC. The summed E-state index contributed by atoms with van der Waals surface area (Å²) >= 11 is 0. The van der Waals surface area contributed by atoms with E-state index in [-0.39, 0.29) is 58.3 Å². The Morgan fingerprint density at radius 3 is 2.61 bits per heavy atom. The highest BCUT2D eigenvalue weighted by molar-refractivity contribution is 7.91. The maximum absolute atomic E-state index is 15.1. The molecule has 2 heterocycles. The van der Waals surface area contributed by atoms with Gasteiger partial charge in [0.1, 0.15) is 23.4 Å². The standard InChI is InChI=1S/C20H24FN3O7S2/c1-5-8-33(28,29)31-20-14(11-22-24(20)6-2)18(25)13-10-15(21)19-17(12(13)3)16(23-30-4)7-9-32(19,26)27/h10-11H,5-9H2,1-4H3. The van der Waals surface area contributed by atoms with Crippen LogP contribution in [0.5, 0.6) is 5.88 Å². The molecule has 13 heteroatoms. The van der Waals surface area contributed by atoms with Crippen molar-refractivity contribution >= 4 is 31.5 Å². The number of oxime groups is 1. The smallest absolute Gasteiger partial charge is 0.310 e. The van der Waals surface area contributed by atoms with Gasteiger partial charge in [-0.1, -0.05) is 12.1 Å². The zero-order valence-corrected chi connectivity index (χ0v) is 20.2. The van der Waals surface area contributed by atoms with Crippen molar-refractivity contribution in [1.82, 2.24) is 9.78 Å². The van der Waals surface area contributed by atoms with Crippen LogP contribution in [0.3, 0.4) is 0 Å². The molecule has 0 N–H and O–H groups in total. The van der Waals surface area contributed by atoms with Gasteiger partial charge in [0.15, 0.2) is 9.84 Å². The third-order valence-corrected chi connectivity index (χ3v) is 8.23. The zero-order valence-electron chi connectivity index (χ0n) is 18.6. The molecule has 2 aromatic rings. The van der Waals surface area contributed by atoms with Gasteiger partial charge in [-0.25, -0.2) is 17.5 Å². The van der Waals surface area contributed by atoms with Crippen molar-refractivity contribution in [3.63, 3.8) is 0 Å². The Morgan fingerprint density at radius 2 is 2.00 bits per heavy atom. The molecule has 0 spiro atoms. The maximum atomic E-state index is 15.1. The van der Waals surface area contributed by atoms with E-state index in [0.717, 1.165) is 12.3 Å².